The van der Waals surface area contributed by atoms with Crippen LogP contribution < -0.4 is 0 Å². The molecule has 5 rings (SSSR count). The van der Waals surface area contributed by atoms with E-state index in [0.29, 0.717) is 38.5 Å². The molecule has 8 atom stereocenters. The molecule has 3 saturated carbocycles. The Morgan fingerprint density at radius 1 is 1.20 bits per heavy atom. The molecule has 1 aliphatic heterocycles. The zero-order valence-electron chi connectivity index (χ0n) is 18.1. The Bertz CT molecular complexity index is 847. The highest BCUT2D eigenvalue weighted by atomic mass is 16.6. The molecule has 0 bridgehead atoms. The summed E-state index contributed by atoms with van der Waals surface area (Å²) in [6.45, 7) is 4.33. The van der Waals surface area contributed by atoms with Crippen molar-refractivity contribution in [2.45, 2.75) is 76.9 Å². The van der Waals surface area contributed by atoms with Crippen molar-refractivity contribution in [2.24, 2.45) is 34.5 Å². The minimum atomic E-state index is -0.611. The zero-order chi connectivity index (χ0) is 21.5. The fourth-order valence-electron chi connectivity index (χ4n) is 8.26. The number of allylic oxidation sites excluding steroid dienone is 1. The van der Waals surface area contributed by atoms with Gasteiger partial charge in [-0.25, -0.2) is 0 Å². The lowest BCUT2D eigenvalue weighted by atomic mass is 9.44. The summed E-state index contributed by atoms with van der Waals surface area (Å²) in [6.07, 6.45) is 6.34. The maximum Gasteiger partial charge on any atom is 0.312 e. The molecular weight excluding hydrogens is 384 g/mol. The second-order valence-corrected chi connectivity index (χ2v) is 10.8. The van der Waals surface area contributed by atoms with Crippen molar-refractivity contribution < 1.29 is 29.0 Å². The Morgan fingerprint density at radius 3 is 2.63 bits per heavy atom. The number of hydrogen-bond donors (Lipinski definition) is 1. The van der Waals surface area contributed by atoms with Crippen molar-refractivity contribution in [2.75, 3.05) is 7.11 Å². The van der Waals surface area contributed by atoms with Crippen molar-refractivity contribution in [3.8, 4) is 0 Å². The van der Waals surface area contributed by atoms with Crippen LogP contribution in [-0.2, 0) is 23.9 Å². The number of carbonyl (C=O) groups is 3. The Morgan fingerprint density at radius 2 is 1.97 bits per heavy atom. The number of rotatable bonds is 1. The number of Topliss-reactive ketones (excluding diaryl/α,β-unsaturated/α-hetero) is 1. The average molecular weight is 417 g/mol. The molecule has 164 valence electrons. The first-order valence-corrected chi connectivity index (χ1v) is 11.4. The first kappa shape index (κ1) is 20.2. The molecule has 5 aliphatic rings. The van der Waals surface area contributed by atoms with Gasteiger partial charge in [0.05, 0.1) is 19.1 Å². The van der Waals surface area contributed by atoms with Crippen molar-refractivity contribution in [3.05, 3.63) is 11.6 Å². The molecule has 6 nitrogen and oxygen atoms in total. The monoisotopic (exact) mass is 416 g/mol. The largest absolute Gasteiger partial charge is 0.469 e. The number of methoxy groups -OCH3 is 1. The van der Waals surface area contributed by atoms with E-state index in [1.807, 2.05) is 6.08 Å². The second kappa shape index (κ2) is 6.41. The maximum atomic E-state index is 12.9. The fourth-order valence-corrected chi connectivity index (χ4v) is 8.26. The van der Waals surface area contributed by atoms with E-state index < -0.39 is 17.6 Å². The van der Waals surface area contributed by atoms with Crippen LogP contribution in [0.15, 0.2) is 11.6 Å². The van der Waals surface area contributed by atoms with Crippen LogP contribution in [-0.4, -0.2) is 41.6 Å². The van der Waals surface area contributed by atoms with Gasteiger partial charge in [-0.05, 0) is 55.3 Å². The third-order valence-electron chi connectivity index (χ3n) is 9.74. The average Bonchev–Trinajstić information content (AvgIpc) is 3.21. The first-order chi connectivity index (χ1) is 14.1. The van der Waals surface area contributed by atoms with Crippen LogP contribution in [0.25, 0.3) is 0 Å². The number of aliphatic hydroxyl groups excluding tert-OH is 1. The summed E-state index contributed by atoms with van der Waals surface area (Å²) in [6, 6.07) is 0. The van der Waals surface area contributed by atoms with Gasteiger partial charge >= 0.3 is 11.9 Å². The molecule has 4 aliphatic carbocycles. The van der Waals surface area contributed by atoms with E-state index in [1.54, 1.807) is 0 Å². The van der Waals surface area contributed by atoms with Gasteiger partial charge < -0.3 is 14.6 Å². The van der Waals surface area contributed by atoms with Crippen LogP contribution in [0.2, 0.25) is 0 Å². The minimum Gasteiger partial charge on any atom is -0.469 e. The van der Waals surface area contributed by atoms with Crippen molar-refractivity contribution in [3.63, 3.8) is 0 Å². The Labute approximate surface area is 177 Å². The van der Waals surface area contributed by atoms with Crippen LogP contribution in [0.1, 0.15) is 65.2 Å². The van der Waals surface area contributed by atoms with E-state index in [-0.39, 0.29) is 46.3 Å². The van der Waals surface area contributed by atoms with E-state index in [0.717, 1.165) is 18.4 Å². The molecule has 1 N–H and O–H groups in total. The smallest absolute Gasteiger partial charge is 0.312 e. The zero-order valence-corrected chi connectivity index (χ0v) is 18.1. The van der Waals surface area contributed by atoms with Gasteiger partial charge in [-0.1, -0.05) is 25.5 Å². The van der Waals surface area contributed by atoms with E-state index in [2.05, 4.69) is 13.8 Å². The molecule has 4 fully saturated rings. The Hall–Kier alpha value is -1.69. The number of aliphatic hydroxyl groups is 1. The minimum absolute atomic E-state index is 0.0770. The fraction of sp³-hybridized carbons (Fsp3) is 0.792. The van der Waals surface area contributed by atoms with Crippen LogP contribution in [0, 0.1) is 34.5 Å². The summed E-state index contributed by atoms with van der Waals surface area (Å²) in [5, 5.41) is 11.6. The number of carbonyl (C=O) groups excluding carboxylic acids is 3. The molecule has 4 unspecified atom stereocenters. The predicted molar refractivity (Wildman–Crippen MR) is 107 cm³/mol. The van der Waals surface area contributed by atoms with E-state index in [4.69, 9.17) is 9.47 Å². The van der Waals surface area contributed by atoms with Gasteiger partial charge in [0, 0.05) is 24.7 Å². The highest BCUT2D eigenvalue weighted by molar-refractivity contribution is 5.84. The van der Waals surface area contributed by atoms with Gasteiger partial charge in [0.2, 0.25) is 0 Å². The maximum absolute atomic E-state index is 12.9. The van der Waals surface area contributed by atoms with Crippen molar-refractivity contribution in [1.82, 2.24) is 0 Å². The highest BCUT2D eigenvalue weighted by Crippen LogP contribution is 2.70. The molecule has 1 saturated heterocycles. The Kier molecular flexibility index (Phi) is 4.32. The van der Waals surface area contributed by atoms with Crippen LogP contribution in [0.3, 0.4) is 0 Å². The number of esters is 2. The topological polar surface area (TPSA) is 89.9 Å². The van der Waals surface area contributed by atoms with Crippen LogP contribution in [0.4, 0.5) is 0 Å². The summed E-state index contributed by atoms with van der Waals surface area (Å²) in [5.74, 6) is -0.728. The first-order valence-electron chi connectivity index (χ1n) is 11.4. The van der Waals surface area contributed by atoms with Gasteiger partial charge in [0.15, 0.2) is 0 Å². The summed E-state index contributed by atoms with van der Waals surface area (Å²) in [5.41, 5.74) is -0.183. The molecule has 30 heavy (non-hydrogen) atoms. The molecule has 1 heterocycles. The summed E-state index contributed by atoms with van der Waals surface area (Å²) >= 11 is 0. The highest BCUT2D eigenvalue weighted by Gasteiger charge is 2.70. The van der Waals surface area contributed by atoms with Crippen molar-refractivity contribution >= 4 is 17.7 Å². The molecular formula is C24H32O6. The van der Waals surface area contributed by atoms with Crippen LogP contribution >= 0.6 is 0 Å². The second-order valence-electron chi connectivity index (χ2n) is 10.8. The van der Waals surface area contributed by atoms with E-state index in [9.17, 15) is 19.5 Å². The lowest BCUT2D eigenvalue weighted by Crippen LogP contribution is -2.62. The van der Waals surface area contributed by atoms with Gasteiger partial charge in [-0.3, -0.25) is 14.4 Å². The summed E-state index contributed by atoms with van der Waals surface area (Å²) in [7, 11) is 1.41. The number of ketones is 1. The van der Waals surface area contributed by atoms with Gasteiger partial charge in [-0.15, -0.1) is 0 Å². The third kappa shape index (κ3) is 2.43. The molecule has 0 aromatic rings. The predicted octanol–water partition coefficient (Wildman–Crippen LogP) is 2.96. The summed E-state index contributed by atoms with van der Waals surface area (Å²) in [4.78, 5) is 37.2. The number of fused-ring (bicyclic) bond motifs is 6. The quantitative estimate of drug-likeness (QED) is 0.522. The molecule has 0 aromatic heterocycles. The number of hydrogen-bond acceptors (Lipinski definition) is 6. The van der Waals surface area contributed by atoms with E-state index >= 15 is 0 Å². The van der Waals surface area contributed by atoms with Crippen molar-refractivity contribution in [1.29, 1.82) is 0 Å². The number of ether oxygens (including phenoxy) is 2. The van der Waals surface area contributed by atoms with Gasteiger partial charge in [0.1, 0.15) is 11.4 Å². The standard InChI is InChI=1S/C24H32O6/c1-22-7-4-14(25)10-13(22)11-15(21(28)29-3)19-16-5-8-24(9-6-18(27)30-24)23(16,2)12-17(26)20(19)22/h11,15-17,19-20,26H,4-10,12H2,1-3H3/t15-,16?,17-,19?,20?,22+,23+,24?/m1/s1. The van der Waals surface area contributed by atoms with E-state index in [1.165, 1.54) is 7.11 Å². The molecule has 0 radical (unpaired) electrons. The lowest BCUT2D eigenvalue weighted by Gasteiger charge is -2.61. The Balaban J connectivity index is 1.63. The normalized spacial score (nSPS) is 49.7. The molecule has 6 heteroatoms. The van der Waals surface area contributed by atoms with Gasteiger partial charge in [0.25, 0.3) is 0 Å². The SMILES string of the molecule is COC(=O)[C@@H]1C=C2CC(=O)CC[C@]2(C)C2C1C1CCC3(CCC(=O)O3)[C@@]1(C)C[C@H]2O. The van der Waals surface area contributed by atoms with Crippen LogP contribution in [0.5, 0.6) is 0 Å². The van der Waals surface area contributed by atoms with Gasteiger partial charge in [-0.2, -0.15) is 0 Å². The summed E-state index contributed by atoms with van der Waals surface area (Å²) < 4.78 is 11.1. The molecule has 0 amide bonds. The third-order valence-corrected chi connectivity index (χ3v) is 9.74. The molecule has 0 aromatic carbocycles. The molecule has 1 spiro atoms. The lowest BCUT2D eigenvalue weighted by molar-refractivity contribution is -0.192.